The van der Waals surface area contributed by atoms with Gasteiger partial charge in [-0.2, -0.15) is 0 Å². The van der Waals surface area contributed by atoms with Crippen LogP contribution in [-0.4, -0.2) is 0 Å². The first kappa shape index (κ1) is 11.7. The van der Waals surface area contributed by atoms with Crippen molar-refractivity contribution in [3.05, 3.63) is 58.9 Å². The van der Waals surface area contributed by atoms with Gasteiger partial charge in [0.05, 0.1) is 0 Å². The van der Waals surface area contributed by atoms with Gasteiger partial charge >= 0.3 is 0 Å². The van der Waals surface area contributed by atoms with Gasteiger partial charge in [0.15, 0.2) is 0 Å². The summed E-state index contributed by atoms with van der Waals surface area (Å²) >= 11 is 0. The van der Waals surface area contributed by atoms with Gasteiger partial charge < -0.3 is 0 Å². The van der Waals surface area contributed by atoms with Crippen LogP contribution >= 0.6 is 0 Å². The van der Waals surface area contributed by atoms with E-state index in [2.05, 4.69) is 0 Å². The van der Waals surface area contributed by atoms with Crippen molar-refractivity contribution in [1.82, 2.24) is 0 Å². The van der Waals surface area contributed by atoms with E-state index in [1.54, 1.807) is 19.1 Å². The molecule has 0 aliphatic heterocycles. The van der Waals surface area contributed by atoms with Crippen molar-refractivity contribution in [3.63, 3.8) is 0 Å². The molecule has 2 aromatic carbocycles. The first-order valence-electron chi connectivity index (χ1n) is 5.22. The Balaban J connectivity index is 2.69. The lowest BCUT2D eigenvalue weighted by Crippen LogP contribution is -1.95. The molecule has 0 aliphatic carbocycles. The quantitative estimate of drug-likeness (QED) is 0.689. The maximum Gasteiger partial charge on any atom is 0.136 e. The zero-order chi connectivity index (χ0) is 12.6. The van der Waals surface area contributed by atoms with Crippen LogP contribution < -0.4 is 0 Å². The van der Waals surface area contributed by atoms with E-state index in [0.29, 0.717) is 0 Å². The summed E-state index contributed by atoms with van der Waals surface area (Å²) in [5.41, 5.74) is 0.974. The summed E-state index contributed by atoms with van der Waals surface area (Å²) in [6.07, 6.45) is 0. The molecule has 2 rings (SSSR count). The molecule has 0 spiro atoms. The highest BCUT2D eigenvalue weighted by atomic mass is 19.1. The summed E-state index contributed by atoms with van der Waals surface area (Å²) in [6, 6.07) is 6.84. The van der Waals surface area contributed by atoms with Gasteiger partial charge in [0, 0.05) is 16.7 Å². The van der Waals surface area contributed by atoms with Crippen LogP contribution in [0, 0.1) is 31.3 Å². The van der Waals surface area contributed by atoms with Crippen molar-refractivity contribution in [2.24, 2.45) is 0 Å². The fourth-order valence-corrected chi connectivity index (χ4v) is 1.72. The van der Waals surface area contributed by atoms with Gasteiger partial charge in [0.25, 0.3) is 0 Å². The Bertz CT molecular complexity index is 574. The molecule has 0 N–H and O–H groups in total. The second-order valence-corrected chi connectivity index (χ2v) is 4.02. The smallest absolute Gasteiger partial charge is 0.136 e. The standard InChI is InChI=1S/C14H11F3/c1-8-3-5-13(16)11(7-8)10-4-6-12(15)9(2)14(10)17/h3-7H,1-2H3. The first-order valence-corrected chi connectivity index (χ1v) is 5.22. The largest absolute Gasteiger partial charge is 0.207 e. The first-order chi connectivity index (χ1) is 8.00. The van der Waals surface area contributed by atoms with Crippen molar-refractivity contribution in [2.75, 3.05) is 0 Å². The lowest BCUT2D eigenvalue weighted by atomic mass is 10.00. The molecule has 3 heteroatoms. The van der Waals surface area contributed by atoms with Crippen LogP contribution in [0.1, 0.15) is 11.1 Å². The van der Waals surface area contributed by atoms with Gasteiger partial charge in [-0.05, 0) is 38.1 Å². The van der Waals surface area contributed by atoms with E-state index in [-0.39, 0.29) is 16.7 Å². The number of halogens is 3. The SMILES string of the molecule is Cc1ccc(F)c(-c2ccc(F)c(C)c2F)c1. The highest BCUT2D eigenvalue weighted by Crippen LogP contribution is 2.29. The van der Waals surface area contributed by atoms with Crippen molar-refractivity contribution in [1.29, 1.82) is 0 Å². The number of rotatable bonds is 1. The van der Waals surface area contributed by atoms with Crippen LogP contribution in [0.15, 0.2) is 30.3 Å². The highest BCUT2D eigenvalue weighted by Gasteiger charge is 2.14. The van der Waals surface area contributed by atoms with E-state index in [4.69, 9.17) is 0 Å². The predicted molar refractivity (Wildman–Crippen MR) is 61.2 cm³/mol. The van der Waals surface area contributed by atoms with Crippen LogP contribution in [0.25, 0.3) is 11.1 Å². The molecule has 0 amide bonds. The summed E-state index contributed by atoms with van der Waals surface area (Å²) in [5, 5.41) is 0. The van der Waals surface area contributed by atoms with Crippen molar-refractivity contribution in [3.8, 4) is 11.1 Å². The highest BCUT2D eigenvalue weighted by molar-refractivity contribution is 5.66. The van der Waals surface area contributed by atoms with Gasteiger partial charge in [0.1, 0.15) is 17.5 Å². The maximum absolute atomic E-state index is 13.9. The third-order valence-electron chi connectivity index (χ3n) is 2.73. The lowest BCUT2D eigenvalue weighted by Gasteiger charge is -2.08. The van der Waals surface area contributed by atoms with Crippen molar-refractivity contribution in [2.45, 2.75) is 13.8 Å². The van der Waals surface area contributed by atoms with Crippen LogP contribution in [-0.2, 0) is 0 Å². The van der Waals surface area contributed by atoms with E-state index in [1.807, 2.05) is 0 Å². The van der Waals surface area contributed by atoms with Gasteiger partial charge in [-0.15, -0.1) is 0 Å². The maximum atomic E-state index is 13.9. The Labute approximate surface area is 97.7 Å². The Morgan fingerprint density at radius 1 is 0.765 bits per heavy atom. The molecule has 0 nitrogen and oxygen atoms in total. The number of aryl methyl sites for hydroxylation is 1. The number of benzene rings is 2. The molecule has 0 saturated heterocycles. The predicted octanol–water partition coefficient (Wildman–Crippen LogP) is 4.39. The third-order valence-corrected chi connectivity index (χ3v) is 2.73. The Kier molecular flexibility index (Phi) is 2.92. The van der Waals surface area contributed by atoms with E-state index in [1.165, 1.54) is 19.1 Å². The minimum Gasteiger partial charge on any atom is -0.207 e. The molecule has 0 radical (unpaired) electrons. The minimum absolute atomic E-state index is 0.0881. The van der Waals surface area contributed by atoms with E-state index in [0.717, 1.165) is 11.6 Å². The van der Waals surface area contributed by atoms with Gasteiger partial charge in [-0.25, -0.2) is 13.2 Å². The monoisotopic (exact) mass is 236 g/mol. The Morgan fingerprint density at radius 3 is 2.12 bits per heavy atom. The fourth-order valence-electron chi connectivity index (χ4n) is 1.72. The normalized spacial score (nSPS) is 10.6. The summed E-state index contributed by atoms with van der Waals surface area (Å²) in [4.78, 5) is 0. The fraction of sp³-hybridized carbons (Fsp3) is 0.143. The van der Waals surface area contributed by atoms with Crippen LogP contribution in [0.2, 0.25) is 0 Å². The second-order valence-electron chi connectivity index (χ2n) is 4.02. The molecule has 0 heterocycles. The minimum atomic E-state index is -0.713. The molecule has 0 atom stereocenters. The molecule has 0 unspecified atom stereocenters. The third kappa shape index (κ3) is 2.05. The van der Waals surface area contributed by atoms with Crippen molar-refractivity contribution < 1.29 is 13.2 Å². The molecular formula is C14H11F3. The van der Waals surface area contributed by atoms with Gasteiger partial charge in [-0.3, -0.25) is 0 Å². The lowest BCUT2D eigenvalue weighted by molar-refractivity contribution is 0.568. The molecule has 0 bridgehead atoms. The van der Waals surface area contributed by atoms with E-state index in [9.17, 15) is 13.2 Å². The van der Waals surface area contributed by atoms with Crippen LogP contribution in [0.4, 0.5) is 13.2 Å². The molecule has 17 heavy (non-hydrogen) atoms. The van der Waals surface area contributed by atoms with Crippen LogP contribution in [0.3, 0.4) is 0 Å². The number of hydrogen-bond donors (Lipinski definition) is 0. The Hall–Kier alpha value is -1.77. The second kappa shape index (κ2) is 4.24. The molecule has 0 saturated carbocycles. The summed E-state index contributed by atoms with van der Waals surface area (Å²) < 4.78 is 40.6. The molecule has 2 aromatic rings. The van der Waals surface area contributed by atoms with Gasteiger partial charge in [0.2, 0.25) is 0 Å². The zero-order valence-electron chi connectivity index (χ0n) is 9.52. The molecule has 0 fully saturated rings. The molecule has 0 aromatic heterocycles. The Morgan fingerprint density at radius 2 is 1.41 bits per heavy atom. The molecule has 88 valence electrons. The van der Waals surface area contributed by atoms with Gasteiger partial charge in [-0.1, -0.05) is 11.6 Å². The van der Waals surface area contributed by atoms with Crippen molar-refractivity contribution >= 4 is 0 Å². The summed E-state index contributed by atoms with van der Waals surface area (Å²) in [5.74, 6) is -1.85. The average Bonchev–Trinajstić information content (AvgIpc) is 2.30. The average molecular weight is 236 g/mol. The van der Waals surface area contributed by atoms with Crippen LogP contribution in [0.5, 0.6) is 0 Å². The van der Waals surface area contributed by atoms with E-state index >= 15 is 0 Å². The molecular weight excluding hydrogens is 225 g/mol. The number of hydrogen-bond acceptors (Lipinski definition) is 0. The zero-order valence-corrected chi connectivity index (χ0v) is 9.52. The molecule has 0 aliphatic rings. The topological polar surface area (TPSA) is 0 Å². The summed E-state index contributed by atoms with van der Waals surface area (Å²) in [7, 11) is 0. The van der Waals surface area contributed by atoms with E-state index < -0.39 is 17.5 Å². The summed E-state index contributed by atoms with van der Waals surface area (Å²) in [6.45, 7) is 3.12.